The van der Waals surface area contributed by atoms with Gasteiger partial charge < -0.3 is 14.5 Å². The molecule has 0 aromatic carbocycles. The number of piperidine rings is 1. The van der Waals surface area contributed by atoms with E-state index in [4.69, 9.17) is 4.74 Å². The van der Waals surface area contributed by atoms with Gasteiger partial charge in [-0.15, -0.1) is 0 Å². The maximum atomic E-state index is 13.0. The summed E-state index contributed by atoms with van der Waals surface area (Å²) in [6, 6.07) is 4.08. The van der Waals surface area contributed by atoms with Crippen LogP contribution in [-0.2, 0) is 4.74 Å². The largest absolute Gasteiger partial charge is 0.381 e. The molecule has 3 atom stereocenters. The summed E-state index contributed by atoms with van der Waals surface area (Å²) in [6.07, 6.45) is 5.72. The van der Waals surface area contributed by atoms with E-state index >= 15 is 0 Å². The van der Waals surface area contributed by atoms with Gasteiger partial charge in [-0.25, -0.2) is 0 Å². The van der Waals surface area contributed by atoms with Crippen LogP contribution in [0.2, 0.25) is 0 Å². The second kappa shape index (κ2) is 6.45. The molecule has 1 aromatic heterocycles. The predicted octanol–water partition coefficient (Wildman–Crippen LogP) is 1.96. The van der Waals surface area contributed by atoms with Gasteiger partial charge >= 0.3 is 0 Å². The fourth-order valence-electron chi connectivity index (χ4n) is 4.34. The molecule has 24 heavy (non-hydrogen) atoms. The van der Waals surface area contributed by atoms with Crippen molar-refractivity contribution in [1.29, 1.82) is 0 Å². The molecule has 0 N–H and O–H groups in total. The standard InChI is InChI=1S/C19H27N3O2/c1-13-3-6-16(20-9-13)19(23)22-8-7-18(24-2)15-11-21(12-17(15)22)10-14-4-5-14/h3,6,9,14-15,17-18H,4-5,7-8,10-12H2,1-2H3/t15-,17+,18-/m1/s1. The highest BCUT2D eigenvalue weighted by atomic mass is 16.5. The zero-order valence-corrected chi connectivity index (χ0v) is 14.6. The number of likely N-dealkylation sites (tertiary alicyclic amines) is 2. The van der Waals surface area contributed by atoms with Crippen LogP contribution in [0.4, 0.5) is 0 Å². The molecule has 0 radical (unpaired) electrons. The van der Waals surface area contributed by atoms with Gasteiger partial charge in [0.1, 0.15) is 5.69 Å². The number of hydrogen-bond acceptors (Lipinski definition) is 4. The number of pyridine rings is 1. The topological polar surface area (TPSA) is 45.7 Å². The molecular weight excluding hydrogens is 302 g/mol. The second-order valence-electron chi connectivity index (χ2n) is 7.68. The van der Waals surface area contributed by atoms with Gasteiger partial charge in [-0.1, -0.05) is 6.07 Å². The molecule has 1 amide bonds. The third-order valence-corrected chi connectivity index (χ3v) is 5.85. The van der Waals surface area contributed by atoms with Crippen LogP contribution in [0.15, 0.2) is 18.3 Å². The van der Waals surface area contributed by atoms with Crippen LogP contribution in [0.3, 0.4) is 0 Å². The number of aromatic nitrogens is 1. The normalized spacial score (nSPS) is 30.4. The first-order valence-corrected chi connectivity index (χ1v) is 9.14. The molecule has 1 aliphatic carbocycles. The molecule has 0 bridgehead atoms. The zero-order valence-electron chi connectivity index (χ0n) is 14.6. The Kier molecular flexibility index (Phi) is 4.31. The summed E-state index contributed by atoms with van der Waals surface area (Å²) >= 11 is 0. The molecule has 2 aliphatic heterocycles. The summed E-state index contributed by atoms with van der Waals surface area (Å²) in [4.78, 5) is 22.0. The first-order valence-electron chi connectivity index (χ1n) is 9.14. The minimum Gasteiger partial charge on any atom is -0.381 e. The van der Waals surface area contributed by atoms with E-state index < -0.39 is 0 Å². The number of amides is 1. The average Bonchev–Trinajstić information content (AvgIpc) is 3.30. The molecule has 0 spiro atoms. The summed E-state index contributed by atoms with van der Waals surface area (Å²) in [7, 11) is 1.81. The van der Waals surface area contributed by atoms with Crippen LogP contribution in [0.5, 0.6) is 0 Å². The quantitative estimate of drug-likeness (QED) is 0.847. The van der Waals surface area contributed by atoms with Crippen molar-refractivity contribution in [2.75, 3.05) is 33.3 Å². The van der Waals surface area contributed by atoms with Crippen molar-refractivity contribution in [2.24, 2.45) is 11.8 Å². The van der Waals surface area contributed by atoms with Crippen molar-refractivity contribution in [3.63, 3.8) is 0 Å². The van der Waals surface area contributed by atoms with E-state index in [-0.39, 0.29) is 18.1 Å². The van der Waals surface area contributed by atoms with Crippen molar-refractivity contribution < 1.29 is 9.53 Å². The lowest BCUT2D eigenvalue weighted by atomic mass is 9.88. The lowest BCUT2D eigenvalue weighted by Gasteiger charge is -2.41. The lowest BCUT2D eigenvalue weighted by molar-refractivity contribution is -0.0158. The van der Waals surface area contributed by atoms with Gasteiger partial charge in [0.05, 0.1) is 12.1 Å². The van der Waals surface area contributed by atoms with Crippen molar-refractivity contribution >= 4 is 5.91 Å². The maximum absolute atomic E-state index is 13.0. The predicted molar refractivity (Wildman–Crippen MR) is 91.9 cm³/mol. The van der Waals surface area contributed by atoms with Crippen LogP contribution >= 0.6 is 0 Å². The van der Waals surface area contributed by atoms with E-state index in [9.17, 15) is 4.79 Å². The fourth-order valence-corrected chi connectivity index (χ4v) is 4.34. The smallest absolute Gasteiger partial charge is 0.272 e. The first kappa shape index (κ1) is 16.0. The van der Waals surface area contributed by atoms with Crippen LogP contribution in [0.1, 0.15) is 35.3 Å². The highest BCUT2D eigenvalue weighted by Gasteiger charge is 2.46. The van der Waals surface area contributed by atoms with Gasteiger partial charge in [-0.05, 0) is 43.7 Å². The number of nitrogens with zero attached hydrogens (tertiary/aromatic N) is 3. The Morgan fingerprint density at radius 3 is 2.79 bits per heavy atom. The number of carbonyl (C=O) groups excluding carboxylic acids is 1. The summed E-state index contributed by atoms with van der Waals surface area (Å²) < 4.78 is 5.74. The van der Waals surface area contributed by atoms with E-state index in [1.165, 1.54) is 19.4 Å². The Labute approximate surface area is 144 Å². The number of hydrogen-bond donors (Lipinski definition) is 0. The van der Waals surface area contributed by atoms with E-state index in [0.29, 0.717) is 11.6 Å². The Hall–Kier alpha value is -1.46. The van der Waals surface area contributed by atoms with Crippen LogP contribution in [0.25, 0.3) is 0 Å². The highest BCUT2D eigenvalue weighted by molar-refractivity contribution is 5.92. The van der Waals surface area contributed by atoms with Gasteiger partial charge in [0.15, 0.2) is 0 Å². The lowest BCUT2D eigenvalue weighted by Crippen LogP contribution is -2.53. The summed E-state index contributed by atoms with van der Waals surface area (Å²) in [5.74, 6) is 1.39. The van der Waals surface area contributed by atoms with E-state index in [0.717, 1.165) is 37.5 Å². The van der Waals surface area contributed by atoms with E-state index in [1.54, 1.807) is 6.20 Å². The molecular formula is C19H27N3O2. The minimum atomic E-state index is 0.0767. The number of aryl methyl sites for hydroxylation is 1. The molecule has 1 saturated carbocycles. The molecule has 3 fully saturated rings. The third kappa shape index (κ3) is 3.07. The van der Waals surface area contributed by atoms with Crippen LogP contribution in [0, 0.1) is 18.8 Å². The molecule has 3 heterocycles. The minimum absolute atomic E-state index is 0.0767. The molecule has 2 saturated heterocycles. The Morgan fingerprint density at radius 1 is 1.29 bits per heavy atom. The van der Waals surface area contributed by atoms with Crippen molar-refractivity contribution in [3.05, 3.63) is 29.6 Å². The number of ether oxygens (including phenoxy) is 1. The Balaban J connectivity index is 1.52. The highest BCUT2D eigenvalue weighted by Crippen LogP contribution is 2.36. The van der Waals surface area contributed by atoms with Crippen LogP contribution < -0.4 is 0 Å². The van der Waals surface area contributed by atoms with Crippen LogP contribution in [-0.4, -0.2) is 66.1 Å². The fraction of sp³-hybridized carbons (Fsp3) is 0.684. The monoisotopic (exact) mass is 329 g/mol. The third-order valence-electron chi connectivity index (χ3n) is 5.85. The Bertz CT molecular complexity index is 599. The average molecular weight is 329 g/mol. The van der Waals surface area contributed by atoms with Gasteiger partial charge in [0.2, 0.25) is 0 Å². The number of rotatable bonds is 4. The molecule has 0 unspecified atom stereocenters. The number of methoxy groups -OCH3 is 1. The van der Waals surface area contributed by atoms with E-state index in [1.807, 2.05) is 26.2 Å². The van der Waals surface area contributed by atoms with Gasteiger partial charge in [-0.3, -0.25) is 9.78 Å². The molecule has 3 aliphatic rings. The number of carbonyl (C=O) groups is 1. The van der Waals surface area contributed by atoms with Gasteiger partial charge in [-0.2, -0.15) is 0 Å². The van der Waals surface area contributed by atoms with Gasteiger partial charge in [0, 0.05) is 45.4 Å². The van der Waals surface area contributed by atoms with Crippen molar-refractivity contribution in [2.45, 2.75) is 38.3 Å². The molecule has 5 heteroatoms. The van der Waals surface area contributed by atoms with E-state index in [2.05, 4.69) is 14.8 Å². The maximum Gasteiger partial charge on any atom is 0.272 e. The molecule has 130 valence electrons. The second-order valence-corrected chi connectivity index (χ2v) is 7.68. The van der Waals surface area contributed by atoms with Crippen molar-refractivity contribution in [1.82, 2.24) is 14.8 Å². The summed E-state index contributed by atoms with van der Waals surface area (Å²) in [6.45, 7) is 6.00. The van der Waals surface area contributed by atoms with Crippen molar-refractivity contribution in [3.8, 4) is 0 Å². The first-order chi connectivity index (χ1) is 11.7. The molecule has 1 aromatic rings. The Morgan fingerprint density at radius 2 is 2.12 bits per heavy atom. The summed E-state index contributed by atoms with van der Waals surface area (Å²) in [5, 5.41) is 0. The van der Waals surface area contributed by atoms with Gasteiger partial charge in [0.25, 0.3) is 5.91 Å². The molecule has 4 rings (SSSR count). The molecule has 5 nitrogen and oxygen atoms in total. The number of fused-ring (bicyclic) bond motifs is 1. The SMILES string of the molecule is CO[C@@H]1CCN(C(=O)c2ccc(C)cn2)[C@H]2CN(CC3CC3)C[C@@H]12. The zero-order chi connectivity index (χ0) is 16.7. The summed E-state index contributed by atoms with van der Waals surface area (Å²) in [5.41, 5.74) is 1.65.